The van der Waals surface area contributed by atoms with Gasteiger partial charge in [0.25, 0.3) is 5.91 Å². The molecule has 0 aliphatic rings. The predicted molar refractivity (Wildman–Crippen MR) is 114 cm³/mol. The monoisotopic (exact) mass is 448 g/mol. The second-order valence-corrected chi connectivity index (χ2v) is 7.75. The van der Waals surface area contributed by atoms with Gasteiger partial charge in [0.05, 0.1) is 0 Å². The molecule has 3 N–H and O–H groups in total. The standard InChI is InChI=1S/C12H11ClN5O.C10H13.K/c1-7(8-3-2-4-15-5-8)18-12(19)10-9(13)11(14)17-6-16-10;1-10(2,3)9-7-5-4-6-8-9;/h2-3,5-7H,1H3,(H,18,19)(H2,14,16,17);5-8H,1-3H3;/q2*-1;+1. The number of hydrogen-bond acceptors (Lipinski definition) is 5. The first-order chi connectivity index (χ1) is 13.7. The summed E-state index contributed by atoms with van der Waals surface area (Å²) in [5.41, 5.74) is 8.07. The number of nitrogens with zero attached hydrogens (tertiary/aromatic N) is 3. The van der Waals surface area contributed by atoms with E-state index in [0.717, 1.165) is 5.56 Å². The number of benzene rings is 1. The van der Waals surface area contributed by atoms with Gasteiger partial charge in [0.1, 0.15) is 17.2 Å². The van der Waals surface area contributed by atoms with E-state index in [1.54, 1.807) is 12.3 Å². The molecule has 0 fully saturated rings. The SMILES string of the molecule is CC(C)(C)c1cc[c-]cc1.CC(NC(=O)c1ncnc(N)c1Cl)c1cc[c-]nc1.[K+]. The van der Waals surface area contributed by atoms with E-state index >= 15 is 0 Å². The van der Waals surface area contributed by atoms with Crippen molar-refractivity contribution in [2.45, 2.75) is 39.2 Å². The fraction of sp³-hybridized carbons (Fsp3) is 0.273. The third-order valence-corrected chi connectivity index (χ3v) is 4.47. The van der Waals surface area contributed by atoms with Gasteiger partial charge < -0.3 is 16.0 Å². The summed E-state index contributed by atoms with van der Waals surface area (Å²) in [6, 6.07) is 14.4. The molecule has 3 aromatic rings. The second-order valence-electron chi connectivity index (χ2n) is 7.38. The average Bonchev–Trinajstić information content (AvgIpc) is 2.71. The van der Waals surface area contributed by atoms with Crippen molar-refractivity contribution in [1.82, 2.24) is 20.3 Å². The van der Waals surface area contributed by atoms with Crippen LogP contribution in [0.25, 0.3) is 0 Å². The molecule has 0 saturated carbocycles. The van der Waals surface area contributed by atoms with Gasteiger partial charge in [0.15, 0.2) is 5.69 Å². The van der Waals surface area contributed by atoms with E-state index < -0.39 is 5.91 Å². The molecule has 0 aliphatic heterocycles. The Morgan fingerprint density at radius 2 is 1.83 bits per heavy atom. The van der Waals surface area contributed by atoms with E-state index in [9.17, 15) is 4.79 Å². The van der Waals surface area contributed by atoms with Gasteiger partial charge in [-0.3, -0.25) is 4.79 Å². The summed E-state index contributed by atoms with van der Waals surface area (Å²) < 4.78 is 0. The molecule has 0 radical (unpaired) electrons. The molecule has 8 heteroatoms. The predicted octanol–water partition coefficient (Wildman–Crippen LogP) is 1.19. The van der Waals surface area contributed by atoms with Crippen LogP contribution in [0, 0.1) is 12.3 Å². The number of rotatable bonds is 3. The molecule has 2 heterocycles. The third-order valence-electron chi connectivity index (χ3n) is 4.10. The van der Waals surface area contributed by atoms with Crippen molar-refractivity contribution in [1.29, 1.82) is 0 Å². The molecular weight excluding hydrogens is 425 g/mol. The average molecular weight is 449 g/mol. The van der Waals surface area contributed by atoms with Gasteiger partial charge in [-0.25, -0.2) is 9.97 Å². The molecule has 0 aliphatic carbocycles. The Bertz CT molecular complexity index is 933. The van der Waals surface area contributed by atoms with Crippen LogP contribution in [0.1, 0.15) is 55.4 Å². The van der Waals surface area contributed by atoms with Gasteiger partial charge in [-0.15, -0.1) is 5.56 Å². The minimum atomic E-state index is -0.417. The molecule has 6 nitrogen and oxygen atoms in total. The number of nitrogen functional groups attached to an aromatic ring is 1. The van der Waals surface area contributed by atoms with Crippen molar-refractivity contribution in [2.24, 2.45) is 0 Å². The van der Waals surface area contributed by atoms with Crippen molar-refractivity contribution < 1.29 is 56.2 Å². The zero-order valence-corrected chi connectivity index (χ0v) is 21.8. The van der Waals surface area contributed by atoms with Crippen LogP contribution in [0.4, 0.5) is 5.82 Å². The van der Waals surface area contributed by atoms with Crippen molar-refractivity contribution in [3.63, 3.8) is 0 Å². The van der Waals surface area contributed by atoms with E-state index in [1.165, 1.54) is 11.9 Å². The van der Waals surface area contributed by atoms with Gasteiger partial charge in [-0.2, -0.15) is 48.0 Å². The maximum absolute atomic E-state index is 12.0. The Morgan fingerprint density at radius 3 is 2.37 bits per heavy atom. The zero-order chi connectivity index (χ0) is 21.4. The quantitative estimate of drug-likeness (QED) is 0.463. The van der Waals surface area contributed by atoms with E-state index in [2.05, 4.69) is 65.4 Å². The molecule has 2 aromatic heterocycles. The van der Waals surface area contributed by atoms with Crippen LogP contribution in [0.15, 0.2) is 48.9 Å². The number of pyridine rings is 1. The number of halogens is 1. The summed E-state index contributed by atoms with van der Waals surface area (Å²) in [5.74, 6) is -0.343. The van der Waals surface area contributed by atoms with E-state index in [-0.39, 0.29) is 79.4 Å². The van der Waals surface area contributed by atoms with Crippen LogP contribution < -0.4 is 62.4 Å². The second kappa shape index (κ2) is 12.5. The molecule has 3 rings (SSSR count). The molecule has 30 heavy (non-hydrogen) atoms. The Balaban J connectivity index is 0.000000348. The first-order valence-electron chi connectivity index (χ1n) is 9.05. The molecule has 1 aromatic carbocycles. The summed E-state index contributed by atoms with van der Waals surface area (Å²) >= 11 is 5.89. The Kier molecular flexibility index (Phi) is 11.1. The molecule has 0 bridgehead atoms. The van der Waals surface area contributed by atoms with Crippen LogP contribution in [0.2, 0.25) is 5.02 Å². The maximum atomic E-state index is 12.0. The number of anilines is 1. The van der Waals surface area contributed by atoms with Crippen LogP contribution in [-0.2, 0) is 5.41 Å². The molecule has 1 atom stereocenters. The molecule has 152 valence electrons. The molecular formula is C22H24ClKN5O-. The smallest absolute Gasteiger partial charge is 0.394 e. The fourth-order valence-corrected chi connectivity index (χ4v) is 2.55. The number of nitrogens with one attached hydrogen (secondary N) is 1. The Hall–Kier alpha value is -1.35. The summed E-state index contributed by atoms with van der Waals surface area (Å²) in [6.07, 6.45) is 5.49. The number of carbonyl (C=O) groups excluding carboxylic acids is 1. The van der Waals surface area contributed by atoms with Gasteiger partial charge in [0, 0.05) is 6.04 Å². The van der Waals surface area contributed by atoms with Crippen LogP contribution in [-0.4, -0.2) is 20.9 Å². The Labute approximate surface area is 225 Å². The van der Waals surface area contributed by atoms with Crippen molar-refractivity contribution in [3.8, 4) is 0 Å². The summed E-state index contributed by atoms with van der Waals surface area (Å²) in [5, 5.41) is 2.81. The molecule has 1 amide bonds. The first-order valence-corrected chi connectivity index (χ1v) is 9.43. The van der Waals surface area contributed by atoms with Crippen molar-refractivity contribution in [3.05, 3.63) is 83.0 Å². The van der Waals surface area contributed by atoms with Crippen LogP contribution in [0.3, 0.4) is 0 Å². The maximum Gasteiger partial charge on any atom is 1.00 e. The summed E-state index contributed by atoms with van der Waals surface area (Å²) in [7, 11) is 0. The van der Waals surface area contributed by atoms with Crippen molar-refractivity contribution >= 4 is 23.3 Å². The minimum absolute atomic E-state index is 0. The first kappa shape index (κ1) is 26.7. The molecule has 0 saturated heterocycles. The van der Waals surface area contributed by atoms with Gasteiger partial charge in [-0.05, 0) is 12.3 Å². The van der Waals surface area contributed by atoms with Gasteiger partial charge in [0.2, 0.25) is 0 Å². The van der Waals surface area contributed by atoms with Gasteiger partial charge >= 0.3 is 51.4 Å². The number of aromatic nitrogens is 3. The number of amides is 1. The largest absolute Gasteiger partial charge is 1.00 e. The van der Waals surface area contributed by atoms with Crippen molar-refractivity contribution in [2.75, 3.05) is 5.73 Å². The van der Waals surface area contributed by atoms with E-state index in [4.69, 9.17) is 17.3 Å². The molecule has 1 unspecified atom stereocenters. The number of hydrogen-bond donors (Lipinski definition) is 2. The number of nitrogens with two attached hydrogens (primary N) is 1. The summed E-state index contributed by atoms with van der Waals surface area (Å²) in [6.45, 7) is 8.46. The molecule has 0 spiro atoms. The zero-order valence-electron chi connectivity index (χ0n) is 17.9. The Morgan fingerprint density at radius 1 is 1.17 bits per heavy atom. The van der Waals surface area contributed by atoms with E-state index in [1.807, 2.05) is 25.1 Å². The normalized spacial score (nSPS) is 11.4. The number of carbonyl (C=O) groups is 1. The fourth-order valence-electron chi connectivity index (χ4n) is 2.36. The van der Waals surface area contributed by atoms with E-state index in [0.29, 0.717) is 0 Å². The minimum Gasteiger partial charge on any atom is -0.394 e. The summed E-state index contributed by atoms with van der Waals surface area (Å²) in [4.78, 5) is 23.4. The van der Waals surface area contributed by atoms with Crippen LogP contribution in [0.5, 0.6) is 0 Å². The van der Waals surface area contributed by atoms with Gasteiger partial charge in [-0.1, -0.05) is 44.8 Å². The van der Waals surface area contributed by atoms with Crippen LogP contribution >= 0.6 is 11.6 Å². The topological polar surface area (TPSA) is 93.8 Å². The third kappa shape index (κ3) is 8.05.